The highest BCUT2D eigenvalue weighted by Crippen LogP contribution is 2.10. The van der Waals surface area contributed by atoms with Crippen molar-refractivity contribution < 1.29 is 4.74 Å². The zero-order valence-corrected chi connectivity index (χ0v) is 7.05. The monoisotopic (exact) mass is 143 g/mol. The van der Waals surface area contributed by atoms with E-state index in [0.29, 0.717) is 18.2 Å². The van der Waals surface area contributed by atoms with Crippen molar-refractivity contribution in [1.29, 1.82) is 0 Å². The largest absolute Gasteiger partial charge is 0.372 e. The van der Waals surface area contributed by atoms with Crippen LogP contribution in [-0.4, -0.2) is 24.8 Å². The summed E-state index contributed by atoms with van der Waals surface area (Å²) in [6, 6.07) is 0.516. The molecule has 1 heterocycles. The molecule has 0 spiro atoms. The van der Waals surface area contributed by atoms with Crippen LogP contribution in [0.25, 0.3) is 0 Å². The molecule has 1 fully saturated rings. The Morgan fingerprint density at radius 1 is 1.50 bits per heavy atom. The third-order valence-corrected chi connectivity index (χ3v) is 2.23. The molecule has 1 N–H and O–H groups in total. The van der Waals surface area contributed by atoms with E-state index in [1.807, 2.05) is 0 Å². The van der Waals surface area contributed by atoms with E-state index in [0.717, 1.165) is 13.0 Å². The Balaban J connectivity index is 2.33. The molecule has 0 aromatic rings. The van der Waals surface area contributed by atoms with Crippen LogP contribution in [0, 0.1) is 0 Å². The van der Waals surface area contributed by atoms with Crippen molar-refractivity contribution in [3.63, 3.8) is 0 Å². The highest BCUT2D eigenvalue weighted by Gasteiger charge is 2.22. The van der Waals surface area contributed by atoms with Crippen LogP contribution in [-0.2, 0) is 4.74 Å². The first-order chi connectivity index (χ1) is 4.74. The molecule has 0 aliphatic carbocycles. The fourth-order valence-electron chi connectivity index (χ4n) is 1.19. The van der Waals surface area contributed by atoms with Gasteiger partial charge in [-0.3, -0.25) is 0 Å². The predicted molar refractivity (Wildman–Crippen MR) is 42.1 cm³/mol. The number of morpholine rings is 1. The Morgan fingerprint density at radius 2 is 2.20 bits per heavy atom. The quantitative estimate of drug-likeness (QED) is 0.594. The molecule has 0 aromatic heterocycles. The van der Waals surface area contributed by atoms with E-state index >= 15 is 0 Å². The Kier molecular flexibility index (Phi) is 2.69. The lowest BCUT2D eigenvalue weighted by molar-refractivity contribution is -0.0500. The van der Waals surface area contributed by atoms with E-state index in [9.17, 15) is 0 Å². The summed E-state index contributed by atoms with van der Waals surface area (Å²) < 4.78 is 5.69. The highest BCUT2D eigenvalue weighted by molar-refractivity contribution is 4.77. The zero-order valence-electron chi connectivity index (χ0n) is 7.05. The summed E-state index contributed by atoms with van der Waals surface area (Å²) in [5.41, 5.74) is 0. The standard InChI is InChI=1S/C8H17NO/c1-4-8-5-9-6(2)7(3)10-8/h6-9H,4-5H2,1-3H3. The van der Waals surface area contributed by atoms with Gasteiger partial charge in [0, 0.05) is 12.6 Å². The zero-order chi connectivity index (χ0) is 7.56. The molecule has 1 aliphatic heterocycles. The minimum absolute atomic E-state index is 0.374. The van der Waals surface area contributed by atoms with Gasteiger partial charge in [-0.2, -0.15) is 0 Å². The van der Waals surface area contributed by atoms with E-state index < -0.39 is 0 Å². The van der Waals surface area contributed by atoms with Crippen LogP contribution >= 0.6 is 0 Å². The van der Waals surface area contributed by atoms with Gasteiger partial charge >= 0.3 is 0 Å². The lowest BCUT2D eigenvalue weighted by Crippen LogP contribution is -2.49. The Hall–Kier alpha value is -0.0800. The van der Waals surface area contributed by atoms with Crippen LogP contribution in [0.4, 0.5) is 0 Å². The molecular formula is C8H17NO. The number of hydrogen-bond acceptors (Lipinski definition) is 2. The summed E-state index contributed by atoms with van der Waals surface area (Å²) in [6.07, 6.45) is 1.93. The van der Waals surface area contributed by atoms with Gasteiger partial charge in [0.25, 0.3) is 0 Å². The normalized spacial score (nSPS) is 41.7. The molecule has 3 unspecified atom stereocenters. The molecule has 10 heavy (non-hydrogen) atoms. The van der Waals surface area contributed by atoms with Crippen LogP contribution in [0.3, 0.4) is 0 Å². The molecule has 1 saturated heterocycles. The third kappa shape index (κ3) is 1.70. The molecule has 60 valence electrons. The van der Waals surface area contributed by atoms with Crippen LogP contribution in [0.15, 0.2) is 0 Å². The van der Waals surface area contributed by atoms with Crippen molar-refractivity contribution in [3.8, 4) is 0 Å². The maximum absolute atomic E-state index is 5.69. The summed E-state index contributed by atoms with van der Waals surface area (Å²) in [6.45, 7) is 7.47. The maximum atomic E-state index is 5.69. The van der Waals surface area contributed by atoms with Crippen molar-refractivity contribution in [3.05, 3.63) is 0 Å². The van der Waals surface area contributed by atoms with Crippen LogP contribution in [0.2, 0.25) is 0 Å². The summed E-state index contributed by atoms with van der Waals surface area (Å²) >= 11 is 0. The van der Waals surface area contributed by atoms with E-state index in [-0.39, 0.29) is 0 Å². The van der Waals surface area contributed by atoms with Gasteiger partial charge in [0.2, 0.25) is 0 Å². The van der Waals surface area contributed by atoms with E-state index in [4.69, 9.17) is 4.74 Å². The Labute approximate surface area is 63.0 Å². The fraction of sp³-hybridized carbons (Fsp3) is 1.00. The topological polar surface area (TPSA) is 21.3 Å². The van der Waals surface area contributed by atoms with E-state index in [2.05, 4.69) is 26.1 Å². The minimum Gasteiger partial charge on any atom is -0.372 e. The van der Waals surface area contributed by atoms with Crippen LogP contribution < -0.4 is 5.32 Å². The number of rotatable bonds is 1. The van der Waals surface area contributed by atoms with Gasteiger partial charge in [-0.25, -0.2) is 0 Å². The second-order valence-electron chi connectivity index (χ2n) is 3.07. The number of hydrogen-bond donors (Lipinski definition) is 1. The van der Waals surface area contributed by atoms with Crippen molar-refractivity contribution >= 4 is 0 Å². The first-order valence-corrected chi connectivity index (χ1v) is 4.13. The second kappa shape index (κ2) is 3.35. The van der Waals surface area contributed by atoms with Crippen LogP contribution in [0.1, 0.15) is 27.2 Å². The first-order valence-electron chi connectivity index (χ1n) is 4.13. The molecule has 3 atom stereocenters. The van der Waals surface area contributed by atoms with Gasteiger partial charge in [-0.15, -0.1) is 0 Å². The van der Waals surface area contributed by atoms with E-state index in [1.165, 1.54) is 0 Å². The smallest absolute Gasteiger partial charge is 0.0701 e. The van der Waals surface area contributed by atoms with Crippen molar-refractivity contribution in [1.82, 2.24) is 5.32 Å². The molecule has 0 aromatic carbocycles. The second-order valence-corrected chi connectivity index (χ2v) is 3.07. The molecule has 0 bridgehead atoms. The average molecular weight is 143 g/mol. The van der Waals surface area contributed by atoms with Crippen LogP contribution in [0.5, 0.6) is 0 Å². The molecule has 2 heteroatoms. The van der Waals surface area contributed by atoms with Gasteiger partial charge in [0.1, 0.15) is 0 Å². The molecule has 0 radical (unpaired) electrons. The first kappa shape index (κ1) is 8.02. The summed E-state index contributed by atoms with van der Waals surface area (Å²) in [7, 11) is 0. The van der Waals surface area contributed by atoms with Gasteiger partial charge < -0.3 is 10.1 Å². The van der Waals surface area contributed by atoms with Gasteiger partial charge in [-0.1, -0.05) is 6.92 Å². The molecule has 2 nitrogen and oxygen atoms in total. The molecule has 0 saturated carbocycles. The van der Waals surface area contributed by atoms with Gasteiger partial charge in [-0.05, 0) is 20.3 Å². The number of nitrogens with one attached hydrogen (secondary N) is 1. The Bertz CT molecular complexity index is 105. The lowest BCUT2D eigenvalue weighted by Gasteiger charge is -2.33. The average Bonchev–Trinajstić information content (AvgIpc) is 1.95. The van der Waals surface area contributed by atoms with E-state index in [1.54, 1.807) is 0 Å². The fourth-order valence-corrected chi connectivity index (χ4v) is 1.19. The van der Waals surface area contributed by atoms with Gasteiger partial charge in [0.15, 0.2) is 0 Å². The SMILES string of the molecule is CCC1CNC(C)C(C)O1. The lowest BCUT2D eigenvalue weighted by atomic mass is 10.1. The van der Waals surface area contributed by atoms with Crippen molar-refractivity contribution in [2.24, 2.45) is 0 Å². The molecule has 0 amide bonds. The van der Waals surface area contributed by atoms with Gasteiger partial charge in [0.05, 0.1) is 12.2 Å². The highest BCUT2D eigenvalue weighted by atomic mass is 16.5. The minimum atomic E-state index is 0.374. The van der Waals surface area contributed by atoms with Crippen molar-refractivity contribution in [2.75, 3.05) is 6.54 Å². The summed E-state index contributed by atoms with van der Waals surface area (Å²) in [5, 5.41) is 3.41. The maximum Gasteiger partial charge on any atom is 0.0701 e. The summed E-state index contributed by atoms with van der Waals surface area (Å²) in [5.74, 6) is 0. The third-order valence-electron chi connectivity index (χ3n) is 2.23. The summed E-state index contributed by atoms with van der Waals surface area (Å²) in [4.78, 5) is 0. The molecule has 1 aliphatic rings. The predicted octanol–water partition coefficient (Wildman–Crippen LogP) is 1.16. The Morgan fingerprint density at radius 3 is 2.70 bits per heavy atom. The molecule has 1 rings (SSSR count). The van der Waals surface area contributed by atoms with Crippen molar-refractivity contribution in [2.45, 2.75) is 45.4 Å². The molecular weight excluding hydrogens is 126 g/mol. The number of ether oxygens (including phenoxy) is 1.